The Morgan fingerprint density at radius 1 is 1.23 bits per heavy atom. The molecule has 0 bridgehead atoms. The molecule has 3 aliphatic rings. The Labute approximate surface area is 171 Å². The zero-order valence-electron chi connectivity index (χ0n) is 16.5. The number of nitrogens with zero attached hydrogens (tertiary/aromatic N) is 4. The molecule has 0 spiro atoms. The van der Waals surface area contributed by atoms with Crippen LogP contribution in [0.1, 0.15) is 55.2 Å². The van der Waals surface area contributed by atoms with E-state index in [1.807, 2.05) is 18.2 Å². The van der Waals surface area contributed by atoms with Gasteiger partial charge in [0.2, 0.25) is 5.82 Å². The van der Waals surface area contributed by atoms with E-state index in [0.717, 1.165) is 49.7 Å². The molecule has 1 aromatic carbocycles. The van der Waals surface area contributed by atoms with Crippen molar-refractivity contribution in [2.75, 3.05) is 13.1 Å². The van der Waals surface area contributed by atoms with Gasteiger partial charge >= 0.3 is 12.1 Å². The Morgan fingerprint density at radius 2 is 2.07 bits per heavy atom. The Morgan fingerprint density at radius 3 is 2.83 bits per heavy atom. The first-order valence-electron chi connectivity index (χ1n) is 10.4. The summed E-state index contributed by atoms with van der Waals surface area (Å²) in [5, 5.41) is 4.91. The summed E-state index contributed by atoms with van der Waals surface area (Å²) in [6.45, 7) is 4.23. The van der Waals surface area contributed by atoms with Gasteiger partial charge in [-0.05, 0) is 49.9 Å². The molecule has 0 amide bonds. The predicted octanol–water partition coefficient (Wildman–Crippen LogP) is 5.04. The van der Waals surface area contributed by atoms with Crippen LogP contribution >= 0.6 is 0 Å². The summed E-state index contributed by atoms with van der Waals surface area (Å²) in [7, 11) is 0. The van der Waals surface area contributed by atoms with Crippen LogP contribution in [0.25, 0.3) is 16.6 Å². The molecule has 3 aliphatic heterocycles. The zero-order valence-corrected chi connectivity index (χ0v) is 16.5. The van der Waals surface area contributed by atoms with Gasteiger partial charge in [-0.2, -0.15) is 18.2 Å². The number of piperidine rings is 1. The highest BCUT2D eigenvalue weighted by atomic mass is 19.4. The van der Waals surface area contributed by atoms with Gasteiger partial charge in [0, 0.05) is 23.0 Å². The van der Waals surface area contributed by atoms with Crippen LogP contribution in [-0.4, -0.2) is 32.7 Å². The maximum atomic E-state index is 13.2. The number of para-hydroxylation sites is 1. The van der Waals surface area contributed by atoms with Crippen LogP contribution in [0.15, 0.2) is 34.9 Å². The fourth-order valence-electron chi connectivity index (χ4n) is 5.89. The maximum Gasteiger partial charge on any atom is 0.471 e. The van der Waals surface area contributed by atoms with Crippen LogP contribution in [0.3, 0.4) is 0 Å². The Bertz CT molecular complexity index is 1190. The standard InChI is InChI=1S/C22H21F3N4O/c1-2-21-9-5-10-28-11-8-14-13-6-3-4-7-15(13)29(17(14)18(21)28)16(12-21)19-26-20(30-27-19)22(23,24)25/h3-4,6-7,12,18H,2,5,8-11H2,1H3/t18-,21+/m1/s1. The highest BCUT2D eigenvalue weighted by Gasteiger charge is 2.51. The van der Waals surface area contributed by atoms with Gasteiger partial charge in [0.05, 0.1) is 17.3 Å². The number of aromatic nitrogens is 3. The number of hydrogen-bond donors (Lipinski definition) is 0. The van der Waals surface area contributed by atoms with E-state index in [4.69, 9.17) is 0 Å². The van der Waals surface area contributed by atoms with Crippen molar-refractivity contribution in [3.05, 3.63) is 53.3 Å². The van der Waals surface area contributed by atoms with Gasteiger partial charge in [-0.3, -0.25) is 4.90 Å². The minimum absolute atomic E-state index is 0.000139. The van der Waals surface area contributed by atoms with Gasteiger partial charge in [-0.1, -0.05) is 30.3 Å². The van der Waals surface area contributed by atoms with Gasteiger partial charge in [0.15, 0.2) is 0 Å². The van der Waals surface area contributed by atoms with Crippen molar-refractivity contribution in [1.82, 2.24) is 19.6 Å². The molecule has 1 saturated heterocycles. The Hall–Kier alpha value is -2.61. The van der Waals surface area contributed by atoms with E-state index in [1.165, 1.54) is 11.3 Å². The molecule has 0 unspecified atom stereocenters. The molecule has 6 rings (SSSR count). The monoisotopic (exact) mass is 414 g/mol. The molecular formula is C22H21F3N4O. The van der Waals surface area contributed by atoms with E-state index in [2.05, 4.69) is 43.2 Å². The van der Waals surface area contributed by atoms with Crippen LogP contribution in [-0.2, 0) is 12.6 Å². The minimum atomic E-state index is -4.66. The van der Waals surface area contributed by atoms with Gasteiger partial charge in [-0.25, -0.2) is 0 Å². The van der Waals surface area contributed by atoms with Crippen LogP contribution in [0.4, 0.5) is 13.2 Å². The molecule has 30 heavy (non-hydrogen) atoms. The Balaban J connectivity index is 1.67. The van der Waals surface area contributed by atoms with E-state index >= 15 is 0 Å². The van der Waals surface area contributed by atoms with Gasteiger partial charge in [0.25, 0.3) is 0 Å². The quantitative estimate of drug-likeness (QED) is 0.590. The molecule has 1 fully saturated rings. The van der Waals surface area contributed by atoms with Crippen molar-refractivity contribution in [2.24, 2.45) is 5.41 Å². The van der Waals surface area contributed by atoms with Crippen LogP contribution < -0.4 is 0 Å². The highest BCUT2D eigenvalue weighted by Crippen LogP contribution is 2.57. The average molecular weight is 414 g/mol. The fourth-order valence-corrected chi connectivity index (χ4v) is 5.89. The number of benzene rings is 1. The number of fused-ring (bicyclic) bond motifs is 3. The van der Waals surface area contributed by atoms with Gasteiger partial charge in [0.1, 0.15) is 0 Å². The van der Waals surface area contributed by atoms with Crippen molar-refractivity contribution in [2.45, 2.75) is 44.8 Å². The molecule has 0 N–H and O–H groups in total. The molecule has 0 saturated carbocycles. The molecule has 2 atom stereocenters. The van der Waals surface area contributed by atoms with E-state index < -0.39 is 12.1 Å². The second-order valence-corrected chi connectivity index (χ2v) is 8.55. The summed E-state index contributed by atoms with van der Waals surface area (Å²) in [5.74, 6) is -1.30. The summed E-state index contributed by atoms with van der Waals surface area (Å²) in [6.07, 6.45) is 1.38. The summed E-state index contributed by atoms with van der Waals surface area (Å²) < 4.78 is 46.2. The van der Waals surface area contributed by atoms with Gasteiger partial charge < -0.3 is 9.09 Å². The number of halogens is 3. The largest absolute Gasteiger partial charge is 0.471 e. The van der Waals surface area contributed by atoms with Crippen molar-refractivity contribution in [3.63, 3.8) is 0 Å². The molecule has 2 aromatic heterocycles. The SMILES string of the molecule is CC[C@@]12C=C(c3noc(C(F)(F)F)n3)n3c4c(c5ccccc53)CCN(CCC1)[C@H]42. The molecule has 8 heteroatoms. The van der Waals surface area contributed by atoms with E-state index in [1.54, 1.807) is 0 Å². The van der Waals surface area contributed by atoms with Crippen LogP contribution in [0, 0.1) is 5.41 Å². The van der Waals surface area contributed by atoms with Crippen molar-refractivity contribution >= 4 is 16.6 Å². The lowest BCUT2D eigenvalue weighted by Gasteiger charge is -2.53. The molecule has 156 valence electrons. The second-order valence-electron chi connectivity index (χ2n) is 8.55. The first kappa shape index (κ1) is 18.2. The number of rotatable bonds is 2. The van der Waals surface area contributed by atoms with Crippen molar-refractivity contribution < 1.29 is 17.7 Å². The first-order chi connectivity index (χ1) is 14.4. The molecule has 5 nitrogen and oxygen atoms in total. The lowest BCUT2D eigenvalue weighted by Crippen LogP contribution is -2.50. The van der Waals surface area contributed by atoms with E-state index in [-0.39, 0.29) is 17.3 Å². The predicted molar refractivity (Wildman–Crippen MR) is 105 cm³/mol. The van der Waals surface area contributed by atoms with E-state index in [0.29, 0.717) is 5.70 Å². The third-order valence-electron chi connectivity index (χ3n) is 7.15. The van der Waals surface area contributed by atoms with Crippen molar-refractivity contribution in [1.29, 1.82) is 0 Å². The molecule has 3 aromatic rings. The summed E-state index contributed by atoms with van der Waals surface area (Å²) in [4.78, 5) is 6.31. The number of hydrogen-bond acceptors (Lipinski definition) is 4. The Kier molecular flexibility index (Phi) is 3.62. The molecular weight excluding hydrogens is 393 g/mol. The van der Waals surface area contributed by atoms with E-state index in [9.17, 15) is 13.2 Å². The third-order valence-corrected chi connectivity index (χ3v) is 7.15. The second kappa shape index (κ2) is 5.97. The minimum Gasteiger partial charge on any atom is -0.329 e. The fraction of sp³-hybridized carbons (Fsp3) is 0.455. The molecule has 0 radical (unpaired) electrons. The summed E-state index contributed by atoms with van der Waals surface area (Å²) >= 11 is 0. The number of alkyl halides is 3. The summed E-state index contributed by atoms with van der Waals surface area (Å²) in [6, 6.07) is 8.34. The lowest BCUT2D eigenvalue weighted by molar-refractivity contribution is -0.159. The normalized spacial score (nSPS) is 26.0. The van der Waals surface area contributed by atoms with Crippen LogP contribution in [0.5, 0.6) is 0 Å². The van der Waals surface area contributed by atoms with Crippen molar-refractivity contribution in [3.8, 4) is 0 Å². The smallest absolute Gasteiger partial charge is 0.329 e. The molecule has 5 heterocycles. The lowest BCUT2D eigenvalue weighted by atomic mass is 9.66. The average Bonchev–Trinajstić information content (AvgIpc) is 3.36. The zero-order chi connectivity index (χ0) is 20.7. The third kappa shape index (κ3) is 2.28. The van der Waals surface area contributed by atoms with Crippen LogP contribution in [0.2, 0.25) is 0 Å². The maximum absolute atomic E-state index is 13.2. The summed E-state index contributed by atoms with van der Waals surface area (Å²) in [5.41, 5.74) is 3.95. The molecule has 0 aliphatic carbocycles. The topological polar surface area (TPSA) is 47.1 Å². The van der Waals surface area contributed by atoms with Gasteiger partial charge in [-0.15, -0.1) is 0 Å². The highest BCUT2D eigenvalue weighted by molar-refractivity contribution is 5.91. The first-order valence-corrected chi connectivity index (χ1v) is 10.4.